The summed E-state index contributed by atoms with van der Waals surface area (Å²) in [6, 6.07) is 6.88. The number of hydrogen-bond donors (Lipinski definition) is 1. The van der Waals surface area contributed by atoms with E-state index < -0.39 is 0 Å². The zero-order valence-electron chi connectivity index (χ0n) is 12.8. The van der Waals surface area contributed by atoms with E-state index in [-0.39, 0.29) is 11.9 Å². The van der Waals surface area contributed by atoms with Crippen LogP contribution in [0.25, 0.3) is 0 Å². The second kappa shape index (κ2) is 7.52. The highest BCUT2D eigenvalue weighted by molar-refractivity contribution is 7.13. The van der Waals surface area contributed by atoms with Crippen molar-refractivity contribution in [1.82, 2.24) is 10.3 Å². The predicted molar refractivity (Wildman–Crippen MR) is 87.9 cm³/mol. The number of anilines is 2. The molecule has 0 spiro atoms. The van der Waals surface area contributed by atoms with Gasteiger partial charge in [-0.15, -0.1) is 11.3 Å². The van der Waals surface area contributed by atoms with E-state index in [2.05, 4.69) is 24.5 Å². The summed E-state index contributed by atoms with van der Waals surface area (Å²) in [6.45, 7) is 8.05. The summed E-state index contributed by atoms with van der Waals surface area (Å²) < 4.78 is 13.4. The van der Waals surface area contributed by atoms with E-state index >= 15 is 0 Å². The Labute approximate surface area is 129 Å². The van der Waals surface area contributed by atoms with Crippen molar-refractivity contribution in [3.8, 4) is 0 Å². The zero-order chi connectivity index (χ0) is 15.2. The normalized spacial score (nSPS) is 12.4. The topological polar surface area (TPSA) is 28.2 Å². The number of halogens is 1. The van der Waals surface area contributed by atoms with E-state index in [1.54, 1.807) is 23.5 Å². The van der Waals surface area contributed by atoms with Crippen LogP contribution in [0.2, 0.25) is 0 Å². The van der Waals surface area contributed by atoms with Crippen LogP contribution < -0.4 is 10.2 Å². The van der Waals surface area contributed by atoms with Gasteiger partial charge in [0.1, 0.15) is 5.82 Å². The third-order valence-corrected chi connectivity index (χ3v) is 4.20. The maximum atomic E-state index is 13.4. The summed E-state index contributed by atoms with van der Waals surface area (Å²) in [5, 5.41) is 6.41. The molecule has 0 aliphatic carbocycles. The lowest BCUT2D eigenvalue weighted by molar-refractivity contribution is 0.561. The van der Waals surface area contributed by atoms with Crippen molar-refractivity contribution >= 4 is 22.2 Å². The first kappa shape index (κ1) is 15.9. The summed E-state index contributed by atoms with van der Waals surface area (Å²) in [4.78, 5) is 6.73. The highest BCUT2D eigenvalue weighted by Gasteiger charge is 2.15. The van der Waals surface area contributed by atoms with Crippen LogP contribution in [0.3, 0.4) is 0 Å². The Balaban J connectivity index is 2.18. The Hall–Kier alpha value is -1.46. The van der Waals surface area contributed by atoms with Crippen molar-refractivity contribution in [1.29, 1.82) is 0 Å². The standard InChI is InChI=1S/C16H22FN3S/c1-4-9-18-12(3)15-11-21-16(19-15)20(5-2)14-8-6-7-13(17)10-14/h6-8,10-12,18H,4-5,9H2,1-3H3. The first-order chi connectivity index (χ1) is 10.2. The smallest absolute Gasteiger partial charge is 0.190 e. The van der Waals surface area contributed by atoms with Gasteiger partial charge in [0, 0.05) is 23.7 Å². The highest BCUT2D eigenvalue weighted by Crippen LogP contribution is 2.30. The Morgan fingerprint density at radius 2 is 2.19 bits per heavy atom. The van der Waals surface area contributed by atoms with Crippen molar-refractivity contribution < 1.29 is 4.39 Å². The third kappa shape index (κ3) is 4.02. The largest absolute Gasteiger partial charge is 0.318 e. The Bertz CT molecular complexity index is 570. The molecule has 114 valence electrons. The molecule has 1 N–H and O–H groups in total. The number of hydrogen-bond acceptors (Lipinski definition) is 4. The lowest BCUT2D eigenvalue weighted by Crippen LogP contribution is -2.20. The van der Waals surface area contributed by atoms with E-state index in [1.165, 1.54) is 6.07 Å². The molecular weight excluding hydrogens is 285 g/mol. The summed E-state index contributed by atoms with van der Waals surface area (Å²) in [5.74, 6) is -0.222. The molecule has 21 heavy (non-hydrogen) atoms. The van der Waals surface area contributed by atoms with Crippen LogP contribution in [-0.4, -0.2) is 18.1 Å². The summed E-state index contributed by atoms with van der Waals surface area (Å²) in [5.41, 5.74) is 1.88. The van der Waals surface area contributed by atoms with Gasteiger partial charge in [0.05, 0.1) is 5.69 Å². The molecule has 2 aromatic rings. The molecule has 3 nitrogen and oxygen atoms in total. The van der Waals surface area contributed by atoms with Crippen LogP contribution in [0, 0.1) is 5.82 Å². The number of thiazole rings is 1. The van der Waals surface area contributed by atoms with E-state index in [4.69, 9.17) is 4.98 Å². The van der Waals surface area contributed by atoms with Crippen molar-refractivity contribution in [2.45, 2.75) is 33.2 Å². The Kier molecular flexibility index (Phi) is 5.70. The molecule has 0 amide bonds. The van der Waals surface area contributed by atoms with Gasteiger partial charge in [-0.25, -0.2) is 9.37 Å². The fourth-order valence-electron chi connectivity index (χ4n) is 2.14. The molecule has 0 bridgehead atoms. The molecule has 0 aliphatic rings. The molecule has 1 unspecified atom stereocenters. The molecule has 1 heterocycles. The van der Waals surface area contributed by atoms with Crippen molar-refractivity contribution in [3.63, 3.8) is 0 Å². The van der Waals surface area contributed by atoms with Gasteiger partial charge in [0.25, 0.3) is 0 Å². The fourth-order valence-corrected chi connectivity index (χ4v) is 3.14. The second-order valence-electron chi connectivity index (χ2n) is 4.95. The molecule has 1 aromatic carbocycles. The average molecular weight is 307 g/mol. The van der Waals surface area contributed by atoms with Crippen LogP contribution in [0.4, 0.5) is 15.2 Å². The maximum absolute atomic E-state index is 13.4. The van der Waals surface area contributed by atoms with E-state index in [0.29, 0.717) is 0 Å². The monoisotopic (exact) mass is 307 g/mol. The fraction of sp³-hybridized carbons (Fsp3) is 0.438. The molecule has 1 atom stereocenters. The van der Waals surface area contributed by atoms with Gasteiger partial charge < -0.3 is 10.2 Å². The minimum atomic E-state index is -0.222. The van der Waals surface area contributed by atoms with E-state index in [0.717, 1.165) is 36.0 Å². The van der Waals surface area contributed by atoms with Crippen molar-refractivity contribution in [3.05, 3.63) is 41.2 Å². The van der Waals surface area contributed by atoms with Crippen LogP contribution in [0.15, 0.2) is 29.6 Å². The summed E-state index contributed by atoms with van der Waals surface area (Å²) in [6.07, 6.45) is 1.10. The molecule has 0 saturated carbocycles. The predicted octanol–water partition coefficient (Wildman–Crippen LogP) is 4.50. The van der Waals surface area contributed by atoms with Gasteiger partial charge in [-0.05, 0) is 45.0 Å². The van der Waals surface area contributed by atoms with Crippen LogP contribution >= 0.6 is 11.3 Å². The number of nitrogens with zero attached hydrogens (tertiary/aromatic N) is 2. The molecule has 0 fully saturated rings. The Morgan fingerprint density at radius 3 is 2.86 bits per heavy atom. The number of nitrogens with one attached hydrogen (secondary N) is 1. The molecule has 0 radical (unpaired) electrons. The van der Waals surface area contributed by atoms with Gasteiger partial charge in [-0.3, -0.25) is 0 Å². The van der Waals surface area contributed by atoms with Crippen LogP contribution in [0.1, 0.15) is 38.9 Å². The molecule has 0 aliphatic heterocycles. The van der Waals surface area contributed by atoms with Gasteiger partial charge in [0.2, 0.25) is 0 Å². The number of benzene rings is 1. The lowest BCUT2D eigenvalue weighted by atomic mass is 10.2. The van der Waals surface area contributed by atoms with E-state index in [9.17, 15) is 4.39 Å². The van der Waals surface area contributed by atoms with Gasteiger partial charge in [0.15, 0.2) is 5.13 Å². The number of aromatic nitrogens is 1. The van der Waals surface area contributed by atoms with Gasteiger partial charge in [-0.1, -0.05) is 13.0 Å². The van der Waals surface area contributed by atoms with Crippen LogP contribution in [0.5, 0.6) is 0 Å². The molecule has 0 saturated heterocycles. The minimum Gasteiger partial charge on any atom is -0.318 e. The zero-order valence-corrected chi connectivity index (χ0v) is 13.6. The van der Waals surface area contributed by atoms with Crippen molar-refractivity contribution in [2.24, 2.45) is 0 Å². The van der Waals surface area contributed by atoms with Crippen LogP contribution in [-0.2, 0) is 0 Å². The summed E-state index contributed by atoms with van der Waals surface area (Å²) in [7, 11) is 0. The van der Waals surface area contributed by atoms with Crippen molar-refractivity contribution in [2.75, 3.05) is 18.0 Å². The maximum Gasteiger partial charge on any atom is 0.190 e. The molecule has 5 heteroatoms. The Morgan fingerprint density at radius 1 is 1.38 bits per heavy atom. The number of rotatable bonds is 7. The molecule has 1 aromatic heterocycles. The molecular formula is C16H22FN3S. The highest BCUT2D eigenvalue weighted by atomic mass is 32.1. The molecule has 2 rings (SSSR count). The third-order valence-electron chi connectivity index (χ3n) is 3.32. The second-order valence-corrected chi connectivity index (χ2v) is 5.79. The first-order valence-electron chi connectivity index (χ1n) is 7.37. The average Bonchev–Trinajstić information content (AvgIpc) is 2.95. The summed E-state index contributed by atoms with van der Waals surface area (Å²) >= 11 is 1.60. The minimum absolute atomic E-state index is 0.222. The first-order valence-corrected chi connectivity index (χ1v) is 8.25. The lowest BCUT2D eigenvalue weighted by Gasteiger charge is -2.20. The quantitative estimate of drug-likeness (QED) is 0.816. The van der Waals surface area contributed by atoms with Gasteiger partial charge in [-0.2, -0.15) is 0 Å². The van der Waals surface area contributed by atoms with E-state index in [1.807, 2.05) is 17.9 Å². The SMILES string of the molecule is CCCNC(C)c1csc(N(CC)c2cccc(F)c2)n1. The van der Waals surface area contributed by atoms with Gasteiger partial charge >= 0.3 is 0 Å².